The van der Waals surface area contributed by atoms with E-state index in [-0.39, 0.29) is 5.97 Å². The molecule has 4 aromatic carbocycles. The van der Waals surface area contributed by atoms with Gasteiger partial charge in [0, 0.05) is 53.4 Å². The Labute approximate surface area is 211 Å². The van der Waals surface area contributed by atoms with Gasteiger partial charge in [0.15, 0.2) is 5.60 Å². The highest BCUT2D eigenvalue weighted by Gasteiger charge is 2.53. The lowest BCUT2D eigenvalue weighted by molar-refractivity contribution is 0.0224. The maximum Gasteiger partial charge on any atom is 0.340 e. The molecule has 0 aliphatic carbocycles. The van der Waals surface area contributed by atoms with E-state index in [2.05, 4.69) is 55.3 Å². The molecule has 1 atom stereocenters. The summed E-state index contributed by atoms with van der Waals surface area (Å²) in [5.74, 6) is 1.06. The van der Waals surface area contributed by atoms with Crippen LogP contribution in [-0.2, 0) is 10.3 Å². The summed E-state index contributed by atoms with van der Waals surface area (Å²) in [6.07, 6.45) is 0. The number of nitrogens with one attached hydrogen (secondary N) is 1. The van der Waals surface area contributed by atoms with E-state index in [0.29, 0.717) is 17.1 Å². The molecule has 6 rings (SSSR count). The van der Waals surface area contributed by atoms with E-state index in [0.717, 1.165) is 45.9 Å². The molecule has 1 spiro atoms. The summed E-state index contributed by atoms with van der Waals surface area (Å²) in [4.78, 5) is 15.3. The van der Waals surface area contributed by atoms with Gasteiger partial charge in [-0.25, -0.2) is 4.79 Å². The van der Waals surface area contributed by atoms with Crippen LogP contribution in [0.2, 0.25) is 0 Å². The van der Waals surface area contributed by atoms with Crippen LogP contribution < -0.4 is 15.0 Å². The van der Waals surface area contributed by atoms with E-state index in [4.69, 9.17) is 9.47 Å². The van der Waals surface area contributed by atoms with Crippen molar-refractivity contribution in [1.82, 2.24) is 0 Å². The summed E-state index contributed by atoms with van der Waals surface area (Å²) in [6.45, 7) is 7.10. The highest BCUT2D eigenvalue weighted by molar-refractivity contribution is 5.97. The van der Waals surface area contributed by atoms with Gasteiger partial charge in [0.05, 0.1) is 5.56 Å². The van der Waals surface area contributed by atoms with Crippen molar-refractivity contribution in [3.8, 4) is 11.5 Å². The number of esters is 1. The number of benzene rings is 4. The molecule has 0 fully saturated rings. The zero-order valence-corrected chi connectivity index (χ0v) is 20.9. The molecule has 180 valence electrons. The average molecular weight is 477 g/mol. The number of carbonyl (C=O) groups excluding carboxylic acids is 1. The summed E-state index contributed by atoms with van der Waals surface area (Å²) in [7, 11) is 2.05. The second kappa shape index (κ2) is 8.16. The minimum absolute atomic E-state index is 0.326. The first kappa shape index (κ1) is 22.2. The number of rotatable bonds is 4. The van der Waals surface area contributed by atoms with Crippen LogP contribution in [0.15, 0.2) is 78.9 Å². The Balaban J connectivity index is 1.58. The molecule has 4 aromatic rings. The normalized spacial score (nSPS) is 17.1. The lowest BCUT2D eigenvalue weighted by Gasteiger charge is -2.37. The largest absolute Gasteiger partial charge is 0.456 e. The summed E-state index contributed by atoms with van der Waals surface area (Å²) >= 11 is 0. The van der Waals surface area contributed by atoms with Crippen LogP contribution in [0.4, 0.5) is 17.1 Å². The van der Waals surface area contributed by atoms with Gasteiger partial charge in [-0.05, 0) is 74.4 Å². The Bertz CT molecular complexity index is 1530. The van der Waals surface area contributed by atoms with Crippen molar-refractivity contribution in [1.29, 1.82) is 0 Å². The number of hydrogen-bond acceptors (Lipinski definition) is 5. The standard InChI is InChI=1S/C31H28N2O3/c1-5-33(4)22-13-14-25-29(17-22)35-28-16-20(3)27(32-21-10-8-9-19(2)15-21)18-26(28)31(25)24-12-7-6-11-23(24)30(34)36-31/h6-18,32H,5H2,1-4H3. The van der Waals surface area contributed by atoms with Gasteiger partial charge in [-0.1, -0.05) is 30.3 Å². The smallest absolute Gasteiger partial charge is 0.340 e. The van der Waals surface area contributed by atoms with Crippen molar-refractivity contribution in [2.24, 2.45) is 0 Å². The number of fused-ring (bicyclic) bond motifs is 6. The zero-order chi connectivity index (χ0) is 25.0. The van der Waals surface area contributed by atoms with Gasteiger partial charge in [0.2, 0.25) is 0 Å². The third-order valence-electron chi connectivity index (χ3n) is 7.25. The topological polar surface area (TPSA) is 50.8 Å². The predicted molar refractivity (Wildman–Crippen MR) is 143 cm³/mol. The highest BCUT2D eigenvalue weighted by Crippen LogP contribution is 2.57. The molecule has 0 radical (unpaired) electrons. The molecule has 0 bridgehead atoms. The van der Waals surface area contributed by atoms with Crippen LogP contribution in [0.5, 0.6) is 11.5 Å². The Hall–Kier alpha value is -4.25. The summed E-state index contributed by atoms with van der Waals surface area (Å²) in [6, 6.07) is 26.1. The second-order valence-electron chi connectivity index (χ2n) is 9.57. The lowest BCUT2D eigenvalue weighted by atomic mass is 9.77. The van der Waals surface area contributed by atoms with Gasteiger partial charge in [-0.3, -0.25) is 0 Å². The first-order valence-corrected chi connectivity index (χ1v) is 12.3. The van der Waals surface area contributed by atoms with Crippen LogP contribution in [0.1, 0.15) is 45.1 Å². The van der Waals surface area contributed by atoms with Crippen molar-refractivity contribution < 1.29 is 14.3 Å². The van der Waals surface area contributed by atoms with Crippen LogP contribution in [0, 0.1) is 13.8 Å². The number of hydrogen-bond donors (Lipinski definition) is 1. The third-order valence-corrected chi connectivity index (χ3v) is 7.25. The van der Waals surface area contributed by atoms with E-state index in [1.54, 1.807) is 0 Å². The van der Waals surface area contributed by atoms with Crippen LogP contribution in [-0.4, -0.2) is 19.6 Å². The van der Waals surface area contributed by atoms with Crippen LogP contribution in [0.25, 0.3) is 0 Å². The predicted octanol–water partition coefficient (Wildman–Crippen LogP) is 7.07. The van der Waals surface area contributed by atoms with Gasteiger partial charge >= 0.3 is 5.97 Å². The van der Waals surface area contributed by atoms with Crippen molar-refractivity contribution >= 4 is 23.0 Å². The molecule has 5 nitrogen and oxygen atoms in total. The van der Waals surface area contributed by atoms with E-state index < -0.39 is 5.60 Å². The van der Waals surface area contributed by atoms with E-state index in [1.807, 2.05) is 61.6 Å². The number of carbonyl (C=O) groups is 1. The first-order chi connectivity index (χ1) is 17.4. The molecule has 1 N–H and O–H groups in total. The van der Waals surface area contributed by atoms with Gasteiger partial charge < -0.3 is 19.7 Å². The van der Waals surface area contributed by atoms with Gasteiger partial charge in [-0.2, -0.15) is 0 Å². The van der Waals surface area contributed by atoms with Crippen molar-refractivity contribution in [3.63, 3.8) is 0 Å². The minimum Gasteiger partial charge on any atom is -0.456 e. The maximum absolute atomic E-state index is 13.2. The van der Waals surface area contributed by atoms with E-state index >= 15 is 0 Å². The van der Waals surface area contributed by atoms with Crippen LogP contribution >= 0.6 is 0 Å². The number of nitrogens with zero attached hydrogens (tertiary/aromatic N) is 1. The maximum atomic E-state index is 13.2. The molecule has 2 aliphatic rings. The summed E-state index contributed by atoms with van der Waals surface area (Å²) in [5, 5.41) is 3.56. The molecule has 0 aromatic heterocycles. The fourth-order valence-corrected chi connectivity index (χ4v) is 5.24. The monoisotopic (exact) mass is 476 g/mol. The highest BCUT2D eigenvalue weighted by atomic mass is 16.6. The fraction of sp³-hybridized carbons (Fsp3) is 0.194. The van der Waals surface area contributed by atoms with Crippen molar-refractivity contribution in [2.75, 3.05) is 23.8 Å². The minimum atomic E-state index is -1.09. The number of ether oxygens (including phenoxy) is 2. The molecule has 2 heterocycles. The Morgan fingerprint density at radius 2 is 1.67 bits per heavy atom. The molecule has 1 unspecified atom stereocenters. The van der Waals surface area contributed by atoms with Gasteiger partial charge in [0.25, 0.3) is 0 Å². The number of aryl methyl sites for hydroxylation is 2. The average Bonchev–Trinajstić information content (AvgIpc) is 3.17. The van der Waals surface area contributed by atoms with Crippen molar-refractivity contribution in [3.05, 3.63) is 112 Å². The summed E-state index contributed by atoms with van der Waals surface area (Å²) in [5.41, 5.74) is 7.16. The zero-order valence-electron chi connectivity index (χ0n) is 20.9. The fourth-order valence-electron chi connectivity index (χ4n) is 5.24. The van der Waals surface area contributed by atoms with Gasteiger partial charge in [0.1, 0.15) is 11.5 Å². The second-order valence-corrected chi connectivity index (χ2v) is 9.57. The van der Waals surface area contributed by atoms with Crippen molar-refractivity contribution in [2.45, 2.75) is 26.4 Å². The summed E-state index contributed by atoms with van der Waals surface area (Å²) < 4.78 is 12.9. The van der Waals surface area contributed by atoms with Gasteiger partial charge in [-0.15, -0.1) is 0 Å². The Kier molecular flexibility index (Phi) is 5.04. The quantitative estimate of drug-likeness (QED) is 0.319. The third kappa shape index (κ3) is 3.27. The molecule has 2 aliphatic heterocycles. The molecule has 36 heavy (non-hydrogen) atoms. The Morgan fingerprint density at radius 3 is 2.47 bits per heavy atom. The molecular weight excluding hydrogens is 448 g/mol. The molecule has 0 amide bonds. The van der Waals surface area contributed by atoms with E-state index in [9.17, 15) is 4.79 Å². The lowest BCUT2D eigenvalue weighted by Crippen LogP contribution is -2.33. The molecule has 5 heteroatoms. The molecule has 0 saturated carbocycles. The first-order valence-electron chi connectivity index (χ1n) is 12.3. The van der Waals surface area contributed by atoms with E-state index in [1.165, 1.54) is 5.56 Å². The molecular formula is C31H28N2O3. The number of anilines is 3. The molecule has 0 saturated heterocycles. The SMILES string of the molecule is CCN(C)c1ccc2c(c1)Oc1cc(C)c(Nc3cccc(C)c3)cc1C21OC(=O)c2ccccc21. The van der Waals surface area contributed by atoms with Crippen LogP contribution in [0.3, 0.4) is 0 Å². The Morgan fingerprint density at radius 1 is 0.861 bits per heavy atom.